The van der Waals surface area contributed by atoms with Crippen molar-refractivity contribution in [1.82, 2.24) is 4.90 Å². The molecule has 59 heavy (non-hydrogen) atoms. The number of morpholine rings is 1. The third-order valence-corrected chi connectivity index (χ3v) is 12.7. The molecule has 0 saturated carbocycles. The molecule has 7 nitrogen and oxygen atoms in total. The van der Waals surface area contributed by atoms with E-state index in [0.29, 0.717) is 44.0 Å². The Kier molecular flexibility index (Phi) is 41.1. The Morgan fingerprint density at radius 1 is 0.441 bits per heavy atom. The fourth-order valence-corrected chi connectivity index (χ4v) is 8.78. The summed E-state index contributed by atoms with van der Waals surface area (Å²) >= 11 is 0. The first-order valence-electron chi connectivity index (χ1n) is 26.2. The van der Waals surface area contributed by atoms with Crippen LogP contribution in [0.25, 0.3) is 0 Å². The number of hydrogen-bond donors (Lipinski definition) is 0. The summed E-state index contributed by atoms with van der Waals surface area (Å²) < 4.78 is 23.4. The zero-order valence-corrected chi connectivity index (χ0v) is 40.0. The van der Waals surface area contributed by atoms with Gasteiger partial charge in [-0.05, 0) is 69.6 Å². The van der Waals surface area contributed by atoms with Crippen LogP contribution in [0.5, 0.6) is 0 Å². The Hall–Kier alpha value is -1.18. The van der Waals surface area contributed by atoms with Crippen LogP contribution in [-0.4, -0.2) is 75.6 Å². The molecule has 1 aliphatic heterocycles. The Morgan fingerprint density at radius 3 is 1.19 bits per heavy atom. The SMILES string of the molecule is CCCCCC(CCCCC)CC(=O)OCCCCCCCCCC(CCCCCCCCCOC(=O)CC(CCCCC)CCCCC)OCCCN1CCOCC1. The molecule has 1 rings (SSSR count). The molecule has 0 bridgehead atoms. The summed E-state index contributed by atoms with van der Waals surface area (Å²) in [6.45, 7) is 16.0. The summed E-state index contributed by atoms with van der Waals surface area (Å²) in [6, 6.07) is 0. The lowest BCUT2D eigenvalue weighted by atomic mass is 9.92. The van der Waals surface area contributed by atoms with Crippen molar-refractivity contribution in [2.75, 3.05) is 52.7 Å². The number of nitrogens with zero attached hydrogens (tertiary/aromatic N) is 1. The van der Waals surface area contributed by atoms with Gasteiger partial charge in [0, 0.05) is 39.1 Å². The van der Waals surface area contributed by atoms with Gasteiger partial charge in [0.25, 0.3) is 0 Å². The first-order valence-corrected chi connectivity index (χ1v) is 26.2. The number of rotatable bonds is 45. The van der Waals surface area contributed by atoms with E-state index in [1.807, 2.05) is 0 Å². The van der Waals surface area contributed by atoms with E-state index >= 15 is 0 Å². The molecule has 350 valence electrons. The molecule has 0 atom stereocenters. The minimum Gasteiger partial charge on any atom is -0.466 e. The molecule has 1 aliphatic rings. The highest BCUT2D eigenvalue weighted by Gasteiger charge is 2.17. The van der Waals surface area contributed by atoms with Gasteiger partial charge in [-0.15, -0.1) is 0 Å². The predicted molar refractivity (Wildman–Crippen MR) is 250 cm³/mol. The molecule has 0 amide bonds. The van der Waals surface area contributed by atoms with Gasteiger partial charge in [-0.1, -0.05) is 182 Å². The molecule has 0 spiro atoms. The van der Waals surface area contributed by atoms with Gasteiger partial charge in [0.05, 0.1) is 32.5 Å². The summed E-state index contributed by atoms with van der Waals surface area (Å²) in [5.74, 6) is 1.08. The van der Waals surface area contributed by atoms with Crippen molar-refractivity contribution in [2.45, 2.75) is 259 Å². The Bertz CT molecular complexity index is 816. The normalized spacial score (nSPS) is 13.6. The van der Waals surface area contributed by atoms with E-state index in [4.69, 9.17) is 18.9 Å². The lowest BCUT2D eigenvalue weighted by Gasteiger charge is -2.26. The number of hydrogen-bond acceptors (Lipinski definition) is 7. The molecule has 0 aromatic rings. The van der Waals surface area contributed by atoms with Crippen LogP contribution < -0.4 is 0 Å². The van der Waals surface area contributed by atoms with Crippen LogP contribution >= 0.6 is 0 Å². The van der Waals surface area contributed by atoms with E-state index in [0.717, 1.165) is 71.6 Å². The van der Waals surface area contributed by atoms with E-state index in [1.165, 1.54) is 180 Å². The van der Waals surface area contributed by atoms with Crippen LogP contribution in [0.3, 0.4) is 0 Å². The fourth-order valence-electron chi connectivity index (χ4n) is 8.78. The van der Waals surface area contributed by atoms with E-state index in [2.05, 4.69) is 32.6 Å². The molecule has 1 heterocycles. The lowest BCUT2D eigenvalue weighted by Crippen LogP contribution is -2.37. The van der Waals surface area contributed by atoms with Crippen molar-refractivity contribution in [3.8, 4) is 0 Å². The lowest BCUT2D eigenvalue weighted by molar-refractivity contribution is -0.146. The van der Waals surface area contributed by atoms with Gasteiger partial charge >= 0.3 is 11.9 Å². The van der Waals surface area contributed by atoms with Gasteiger partial charge in [-0.2, -0.15) is 0 Å². The van der Waals surface area contributed by atoms with Gasteiger partial charge in [0.2, 0.25) is 0 Å². The highest BCUT2D eigenvalue weighted by atomic mass is 16.5. The third kappa shape index (κ3) is 37.1. The second kappa shape index (κ2) is 43.5. The van der Waals surface area contributed by atoms with Crippen molar-refractivity contribution >= 4 is 11.9 Å². The highest BCUT2D eigenvalue weighted by molar-refractivity contribution is 5.70. The summed E-state index contributed by atoms with van der Waals surface area (Å²) in [7, 11) is 0. The van der Waals surface area contributed by atoms with Crippen LogP contribution in [0.15, 0.2) is 0 Å². The van der Waals surface area contributed by atoms with Gasteiger partial charge in [-0.25, -0.2) is 0 Å². The number of carbonyl (C=O) groups is 2. The maximum Gasteiger partial charge on any atom is 0.306 e. The monoisotopic (exact) mass is 836 g/mol. The Morgan fingerprint density at radius 2 is 0.797 bits per heavy atom. The molecule has 0 N–H and O–H groups in total. The standard InChI is InChI=1S/C52H101NO6/c1-5-9-23-32-48(33-24-10-6-2)46-51(54)58-41-29-21-17-13-15-19-27-36-50(57-43-31-38-53-39-44-56-45-40-53)37-28-20-16-14-18-22-30-42-59-52(55)47-49(34-25-11-7-3)35-26-12-8-4/h48-50H,5-47H2,1-4H3. The zero-order valence-electron chi connectivity index (χ0n) is 40.0. The molecule has 0 unspecified atom stereocenters. The number of esters is 2. The zero-order chi connectivity index (χ0) is 42.7. The van der Waals surface area contributed by atoms with E-state index in [9.17, 15) is 9.59 Å². The summed E-state index contributed by atoms with van der Waals surface area (Å²) in [5, 5.41) is 0. The molecule has 0 radical (unpaired) electrons. The quantitative estimate of drug-likeness (QED) is 0.0447. The second-order valence-corrected chi connectivity index (χ2v) is 18.4. The van der Waals surface area contributed by atoms with Crippen LogP contribution in [0.2, 0.25) is 0 Å². The predicted octanol–water partition coefficient (Wildman–Crippen LogP) is 14.8. The van der Waals surface area contributed by atoms with Crippen LogP contribution in [0, 0.1) is 11.8 Å². The summed E-state index contributed by atoms with van der Waals surface area (Å²) in [6.07, 6.45) is 41.8. The maximum atomic E-state index is 12.5. The molecule has 0 aromatic carbocycles. The molecule has 1 saturated heterocycles. The minimum atomic E-state index is 0.0292. The summed E-state index contributed by atoms with van der Waals surface area (Å²) in [5.41, 5.74) is 0. The van der Waals surface area contributed by atoms with Gasteiger partial charge < -0.3 is 18.9 Å². The summed E-state index contributed by atoms with van der Waals surface area (Å²) in [4.78, 5) is 27.6. The Labute approximate surface area is 367 Å². The van der Waals surface area contributed by atoms with Gasteiger partial charge in [-0.3, -0.25) is 14.5 Å². The second-order valence-electron chi connectivity index (χ2n) is 18.4. The van der Waals surface area contributed by atoms with Crippen LogP contribution in [0.4, 0.5) is 0 Å². The molecular weight excluding hydrogens is 735 g/mol. The van der Waals surface area contributed by atoms with Gasteiger partial charge in [0.15, 0.2) is 0 Å². The van der Waals surface area contributed by atoms with Crippen molar-refractivity contribution in [3.05, 3.63) is 0 Å². The molecular formula is C52H101NO6. The molecule has 1 fully saturated rings. The first-order chi connectivity index (χ1) is 29.0. The average Bonchev–Trinajstić information content (AvgIpc) is 3.23. The third-order valence-electron chi connectivity index (χ3n) is 12.7. The van der Waals surface area contributed by atoms with E-state index in [-0.39, 0.29) is 11.9 Å². The highest BCUT2D eigenvalue weighted by Crippen LogP contribution is 2.23. The van der Waals surface area contributed by atoms with E-state index in [1.54, 1.807) is 0 Å². The average molecular weight is 836 g/mol. The van der Waals surface area contributed by atoms with Crippen LogP contribution in [0.1, 0.15) is 252 Å². The molecule has 0 aromatic heterocycles. The smallest absolute Gasteiger partial charge is 0.306 e. The Balaban J connectivity index is 2.21. The van der Waals surface area contributed by atoms with Crippen molar-refractivity contribution in [3.63, 3.8) is 0 Å². The number of unbranched alkanes of at least 4 members (excludes halogenated alkanes) is 20. The molecule has 0 aliphatic carbocycles. The molecule has 7 heteroatoms. The maximum absolute atomic E-state index is 12.5. The number of carbonyl (C=O) groups excluding carboxylic acids is 2. The topological polar surface area (TPSA) is 74.3 Å². The largest absolute Gasteiger partial charge is 0.466 e. The first kappa shape index (κ1) is 55.8. The van der Waals surface area contributed by atoms with Crippen LogP contribution in [-0.2, 0) is 28.5 Å². The van der Waals surface area contributed by atoms with Crippen molar-refractivity contribution < 1.29 is 28.5 Å². The van der Waals surface area contributed by atoms with Crippen molar-refractivity contribution in [2.24, 2.45) is 11.8 Å². The number of ether oxygens (including phenoxy) is 4. The minimum absolute atomic E-state index is 0.0292. The van der Waals surface area contributed by atoms with E-state index < -0.39 is 0 Å². The van der Waals surface area contributed by atoms with Crippen molar-refractivity contribution in [1.29, 1.82) is 0 Å². The fraction of sp³-hybridized carbons (Fsp3) is 0.962. The van der Waals surface area contributed by atoms with Gasteiger partial charge in [0.1, 0.15) is 0 Å².